The van der Waals surface area contributed by atoms with Crippen LogP contribution in [0, 0.1) is 0 Å². The van der Waals surface area contributed by atoms with Crippen molar-refractivity contribution in [2.75, 3.05) is 0 Å². The quantitative estimate of drug-likeness (QED) is 0.486. The Balaban J connectivity index is 1.76. The standard InChI is InChI=1S/C23H19NO2S/c25-27(26,22-12-5-2-6-13-22)16-15-21-17-20-11-7-8-14-23(20)24(21)18-19-9-3-1-4-10-19/h1-17H,18H2/b16-15+. The van der Waals surface area contributed by atoms with Crippen molar-refractivity contribution in [3.05, 3.63) is 108 Å². The predicted molar refractivity (Wildman–Crippen MR) is 110 cm³/mol. The van der Waals surface area contributed by atoms with Gasteiger partial charge in [0, 0.05) is 28.5 Å². The first-order valence-corrected chi connectivity index (χ1v) is 10.3. The van der Waals surface area contributed by atoms with Crippen molar-refractivity contribution < 1.29 is 8.42 Å². The lowest BCUT2D eigenvalue weighted by Gasteiger charge is -2.09. The van der Waals surface area contributed by atoms with E-state index in [0.717, 1.165) is 16.6 Å². The third-order valence-corrected chi connectivity index (χ3v) is 5.94. The van der Waals surface area contributed by atoms with Crippen molar-refractivity contribution in [1.82, 2.24) is 4.57 Å². The van der Waals surface area contributed by atoms with E-state index in [-0.39, 0.29) is 0 Å². The van der Waals surface area contributed by atoms with Gasteiger partial charge in [0.1, 0.15) is 0 Å². The van der Waals surface area contributed by atoms with Crippen LogP contribution < -0.4 is 0 Å². The molecular formula is C23H19NO2S. The fourth-order valence-corrected chi connectivity index (χ4v) is 4.17. The molecule has 0 saturated carbocycles. The number of sulfone groups is 1. The Morgan fingerprint density at radius 2 is 1.41 bits per heavy atom. The molecule has 1 heterocycles. The lowest BCUT2D eigenvalue weighted by atomic mass is 10.2. The number of benzene rings is 3. The van der Waals surface area contributed by atoms with Crippen molar-refractivity contribution in [2.24, 2.45) is 0 Å². The molecule has 27 heavy (non-hydrogen) atoms. The van der Waals surface area contributed by atoms with Gasteiger partial charge in [0.25, 0.3) is 0 Å². The molecule has 0 aliphatic rings. The van der Waals surface area contributed by atoms with Crippen LogP contribution in [0.1, 0.15) is 11.3 Å². The molecule has 0 N–H and O–H groups in total. The minimum atomic E-state index is -3.48. The summed E-state index contributed by atoms with van der Waals surface area (Å²) in [6.45, 7) is 0.680. The molecule has 4 heteroatoms. The Bertz CT molecular complexity index is 1190. The van der Waals surface area contributed by atoms with Crippen molar-refractivity contribution in [2.45, 2.75) is 11.4 Å². The van der Waals surface area contributed by atoms with E-state index in [1.165, 1.54) is 11.0 Å². The molecule has 0 radical (unpaired) electrons. The molecule has 0 amide bonds. The Morgan fingerprint density at radius 1 is 0.778 bits per heavy atom. The highest BCUT2D eigenvalue weighted by Crippen LogP contribution is 2.23. The van der Waals surface area contributed by atoms with Gasteiger partial charge in [0.2, 0.25) is 0 Å². The number of para-hydroxylation sites is 1. The molecule has 1 aromatic heterocycles. The van der Waals surface area contributed by atoms with Crippen LogP contribution in [0.4, 0.5) is 0 Å². The highest BCUT2D eigenvalue weighted by atomic mass is 32.2. The number of fused-ring (bicyclic) bond motifs is 1. The summed E-state index contributed by atoms with van der Waals surface area (Å²) in [5, 5.41) is 2.38. The molecule has 4 aromatic rings. The first-order valence-electron chi connectivity index (χ1n) is 8.74. The second-order valence-electron chi connectivity index (χ2n) is 6.36. The summed E-state index contributed by atoms with van der Waals surface area (Å²) in [6.07, 6.45) is 1.69. The summed E-state index contributed by atoms with van der Waals surface area (Å²) >= 11 is 0. The lowest BCUT2D eigenvalue weighted by Crippen LogP contribution is -2.02. The average Bonchev–Trinajstić information content (AvgIpc) is 3.06. The van der Waals surface area contributed by atoms with Crippen molar-refractivity contribution >= 4 is 26.8 Å². The van der Waals surface area contributed by atoms with E-state index in [9.17, 15) is 8.42 Å². The average molecular weight is 373 g/mol. The van der Waals surface area contributed by atoms with E-state index in [2.05, 4.69) is 22.8 Å². The summed E-state index contributed by atoms with van der Waals surface area (Å²) in [5.41, 5.74) is 3.11. The molecule has 0 spiro atoms. The fraction of sp³-hybridized carbons (Fsp3) is 0.0435. The summed E-state index contributed by atoms with van der Waals surface area (Å²) in [7, 11) is -3.48. The monoisotopic (exact) mass is 373 g/mol. The highest BCUT2D eigenvalue weighted by Gasteiger charge is 2.11. The van der Waals surface area contributed by atoms with Crippen LogP contribution in [0.3, 0.4) is 0 Å². The summed E-state index contributed by atoms with van der Waals surface area (Å²) in [5.74, 6) is 0. The Kier molecular flexibility index (Phi) is 4.65. The van der Waals surface area contributed by atoms with Crippen molar-refractivity contribution in [1.29, 1.82) is 0 Å². The van der Waals surface area contributed by atoms with E-state index in [0.29, 0.717) is 11.4 Å². The highest BCUT2D eigenvalue weighted by molar-refractivity contribution is 7.94. The van der Waals surface area contributed by atoms with Crippen LogP contribution in [0.15, 0.2) is 101 Å². The van der Waals surface area contributed by atoms with E-state index in [1.54, 1.807) is 36.4 Å². The Labute approximate surface area is 159 Å². The molecule has 0 saturated heterocycles. The first kappa shape index (κ1) is 17.3. The molecule has 0 aliphatic carbocycles. The molecule has 0 fully saturated rings. The minimum absolute atomic E-state index is 0.298. The van der Waals surface area contributed by atoms with Crippen LogP contribution in [-0.4, -0.2) is 13.0 Å². The maximum Gasteiger partial charge on any atom is 0.199 e. The zero-order chi connectivity index (χ0) is 18.7. The fourth-order valence-electron chi connectivity index (χ4n) is 3.16. The summed E-state index contributed by atoms with van der Waals surface area (Å²) < 4.78 is 27.3. The smallest absolute Gasteiger partial charge is 0.199 e. The maximum absolute atomic E-state index is 12.6. The zero-order valence-electron chi connectivity index (χ0n) is 14.7. The number of hydrogen-bond acceptors (Lipinski definition) is 2. The largest absolute Gasteiger partial charge is 0.336 e. The Hall–Kier alpha value is -3.11. The zero-order valence-corrected chi connectivity index (χ0v) is 15.5. The van der Waals surface area contributed by atoms with Gasteiger partial charge < -0.3 is 4.57 Å². The number of aromatic nitrogens is 1. The van der Waals surface area contributed by atoms with Gasteiger partial charge in [-0.3, -0.25) is 0 Å². The summed E-state index contributed by atoms with van der Waals surface area (Å²) in [4.78, 5) is 0.298. The van der Waals surface area contributed by atoms with Gasteiger partial charge >= 0.3 is 0 Å². The van der Waals surface area contributed by atoms with Gasteiger partial charge in [-0.05, 0) is 35.9 Å². The number of nitrogens with zero attached hydrogens (tertiary/aromatic N) is 1. The molecule has 0 bridgehead atoms. The first-order chi connectivity index (χ1) is 13.1. The molecule has 4 rings (SSSR count). The molecule has 3 nitrogen and oxygen atoms in total. The van der Waals surface area contributed by atoms with Gasteiger partial charge in [-0.25, -0.2) is 8.42 Å². The maximum atomic E-state index is 12.6. The van der Waals surface area contributed by atoms with Crippen LogP contribution in [-0.2, 0) is 16.4 Å². The van der Waals surface area contributed by atoms with E-state index >= 15 is 0 Å². The van der Waals surface area contributed by atoms with E-state index < -0.39 is 9.84 Å². The molecule has 3 aromatic carbocycles. The Morgan fingerprint density at radius 3 is 2.15 bits per heavy atom. The lowest BCUT2D eigenvalue weighted by molar-refractivity contribution is 0.605. The third-order valence-electron chi connectivity index (χ3n) is 4.52. The second kappa shape index (κ2) is 7.25. The van der Waals surface area contributed by atoms with Crippen LogP contribution in [0.5, 0.6) is 0 Å². The second-order valence-corrected chi connectivity index (χ2v) is 8.19. The molecular weight excluding hydrogens is 354 g/mol. The molecule has 134 valence electrons. The van der Waals surface area contributed by atoms with Crippen LogP contribution in [0.25, 0.3) is 17.0 Å². The number of rotatable bonds is 5. The van der Waals surface area contributed by atoms with Crippen molar-refractivity contribution in [3.8, 4) is 0 Å². The SMILES string of the molecule is O=S(=O)(/C=C/c1cc2ccccc2n1Cc1ccccc1)c1ccccc1. The van der Waals surface area contributed by atoms with Gasteiger partial charge in [0.05, 0.1) is 4.90 Å². The third kappa shape index (κ3) is 3.71. The van der Waals surface area contributed by atoms with Gasteiger partial charge in [-0.2, -0.15) is 0 Å². The molecule has 0 aliphatic heterocycles. The minimum Gasteiger partial charge on any atom is -0.336 e. The van der Waals surface area contributed by atoms with Crippen molar-refractivity contribution in [3.63, 3.8) is 0 Å². The normalized spacial score (nSPS) is 12.0. The molecule has 0 unspecified atom stereocenters. The van der Waals surface area contributed by atoms with Gasteiger partial charge in [-0.15, -0.1) is 0 Å². The van der Waals surface area contributed by atoms with E-state index in [1.807, 2.05) is 42.5 Å². The van der Waals surface area contributed by atoms with Crippen LogP contribution in [0.2, 0.25) is 0 Å². The van der Waals surface area contributed by atoms with Crippen LogP contribution >= 0.6 is 0 Å². The number of hydrogen-bond donors (Lipinski definition) is 0. The predicted octanol–water partition coefficient (Wildman–Crippen LogP) is 5.13. The van der Waals surface area contributed by atoms with Gasteiger partial charge in [-0.1, -0.05) is 66.7 Å². The topological polar surface area (TPSA) is 39.1 Å². The van der Waals surface area contributed by atoms with Gasteiger partial charge in [0.15, 0.2) is 9.84 Å². The molecule has 0 atom stereocenters. The summed E-state index contributed by atoms with van der Waals surface area (Å²) in [6, 6.07) is 28.8. The van der Waals surface area contributed by atoms with E-state index in [4.69, 9.17) is 0 Å².